The maximum absolute atomic E-state index is 11.1. The van der Waals surface area contributed by atoms with Gasteiger partial charge in [0.2, 0.25) is 0 Å². The molecule has 0 aliphatic rings. The summed E-state index contributed by atoms with van der Waals surface area (Å²) in [6, 6.07) is 4.88. The van der Waals surface area contributed by atoms with E-state index in [2.05, 4.69) is 15.3 Å². The van der Waals surface area contributed by atoms with Gasteiger partial charge in [0.25, 0.3) is 5.69 Å². The predicted octanol–water partition coefficient (Wildman–Crippen LogP) is 2.79. The molecule has 6 nitrogen and oxygen atoms in total. The molecule has 19 heavy (non-hydrogen) atoms. The van der Waals surface area contributed by atoms with Crippen molar-refractivity contribution < 1.29 is 4.92 Å². The first-order valence-corrected chi connectivity index (χ1v) is 5.93. The Hall–Kier alpha value is -2.50. The Morgan fingerprint density at radius 1 is 1.37 bits per heavy atom. The minimum Gasteiger partial charge on any atom is -0.370 e. The van der Waals surface area contributed by atoms with Crippen molar-refractivity contribution in [3.8, 4) is 11.3 Å². The van der Waals surface area contributed by atoms with Gasteiger partial charge in [-0.25, -0.2) is 4.98 Å². The third-order valence-corrected chi connectivity index (χ3v) is 2.72. The van der Waals surface area contributed by atoms with Crippen LogP contribution in [-0.4, -0.2) is 21.4 Å². The standard InChI is InChI=1S/C13H14N4O2/c1-3-15-12-5-4-11(17(18)19)13(16-12)10-8-14-7-6-9(10)2/h4-8H,3H2,1-2H3,(H,15,16). The molecular formula is C13H14N4O2. The smallest absolute Gasteiger partial charge is 0.295 e. The van der Waals surface area contributed by atoms with Gasteiger partial charge in [0.1, 0.15) is 5.82 Å². The number of pyridine rings is 2. The highest BCUT2D eigenvalue weighted by Gasteiger charge is 2.19. The summed E-state index contributed by atoms with van der Waals surface area (Å²) in [7, 11) is 0. The number of hydrogen-bond acceptors (Lipinski definition) is 5. The molecule has 1 N–H and O–H groups in total. The monoisotopic (exact) mass is 258 g/mol. The average molecular weight is 258 g/mol. The van der Waals surface area contributed by atoms with Gasteiger partial charge in [-0.2, -0.15) is 0 Å². The van der Waals surface area contributed by atoms with Crippen LogP contribution in [0.4, 0.5) is 11.5 Å². The Morgan fingerprint density at radius 3 is 2.79 bits per heavy atom. The van der Waals surface area contributed by atoms with Crippen molar-refractivity contribution in [1.29, 1.82) is 0 Å². The van der Waals surface area contributed by atoms with Crippen LogP contribution in [0.1, 0.15) is 12.5 Å². The first kappa shape index (κ1) is 12.9. The molecule has 2 aromatic heterocycles. The van der Waals surface area contributed by atoms with Gasteiger partial charge in [0.15, 0.2) is 5.69 Å². The fourth-order valence-corrected chi connectivity index (χ4v) is 1.79. The highest BCUT2D eigenvalue weighted by Crippen LogP contribution is 2.30. The van der Waals surface area contributed by atoms with E-state index in [9.17, 15) is 10.1 Å². The molecule has 2 heterocycles. The van der Waals surface area contributed by atoms with E-state index in [1.165, 1.54) is 6.07 Å². The largest absolute Gasteiger partial charge is 0.370 e. The fourth-order valence-electron chi connectivity index (χ4n) is 1.79. The zero-order valence-electron chi connectivity index (χ0n) is 10.8. The molecule has 0 saturated carbocycles. The highest BCUT2D eigenvalue weighted by molar-refractivity contribution is 5.73. The molecular weight excluding hydrogens is 244 g/mol. The molecule has 0 aromatic carbocycles. The van der Waals surface area contributed by atoms with Crippen LogP contribution in [0, 0.1) is 17.0 Å². The number of rotatable bonds is 4. The van der Waals surface area contributed by atoms with Crippen molar-refractivity contribution in [2.45, 2.75) is 13.8 Å². The van der Waals surface area contributed by atoms with Crippen molar-refractivity contribution in [3.05, 3.63) is 46.3 Å². The molecule has 2 rings (SSSR count). The minimum atomic E-state index is -0.426. The Bertz CT molecular complexity index is 613. The Morgan fingerprint density at radius 2 is 2.16 bits per heavy atom. The van der Waals surface area contributed by atoms with E-state index in [0.717, 1.165) is 5.56 Å². The molecule has 0 spiro atoms. The summed E-state index contributed by atoms with van der Waals surface area (Å²) in [6.07, 6.45) is 3.25. The van der Waals surface area contributed by atoms with Crippen LogP contribution in [0.2, 0.25) is 0 Å². The van der Waals surface area contributed by atoms with Gasteiger partial charge in [-0.15, -0.1) is 0 Å². The van der Waals surface area contributed by atoms with Crippen molar-refractivity contribution in [2.75, 3.05) is 11.9 Å². The molecule has 2 aromatic rings. The molecule has 0 aliphatic carbocycles. The van der Waals surface area contributed by atoms with Gasteiger partial charge >= 0.3 is 0 Å². The van der Waals surface area contributed by atoms with E-state index in [-0.39, 0.29) is 5.69 Å². The second-order valence-electron chi connectivity index (χ2n) is 4.04. The quantitative estimate of drug-likeness (QED) is 0.673. The van der Waals surface area contributed by atoms with E-state index in [0.29, 0.717) is 23.6 Å². The second kappa shape index (κ2) is 5.43. The zero-order valence-corrected chi connectivity index (χ0v) is 10.8. The summed E-state index contributed by atoms with van der Waals surface area (Å²) in [5.41, 5.74) is 1.90. The van der Waals surface area contributed by atoms with Crippen molar-refractivity contribution in [2.24, 2.45) is 0 Å². The van der Waals surface area contributed by atoms with Gasteiger partial charge in [0, 0.05) is 30.6 Å². The molecule has 0 bridgehead atoms. The van der Waals surface area contributed by atoms with E-state index in [1.54, 1.807) is 24.5 Å². The van der Waals surface area contributed by atoms with Gasteiger partial charge < -0.3 is 5.32 Å². The maximum atomic E-state index is 11.1. The average Bonchev–Trinajstić information content (AvgIpc) is 2.39. The lowest BCUT2D eigenvalue weighted by atomic mass is 10.1. The summed E-state index contributed by atoms with van der Waals surface area (Å²) in [6.45, 7) is 4.52. The van der Waals surface area contributed by atoms with Crippen LogP contribution in [0.5, 0.6) is 0 Å². The summed E-state index contributed by atoms with van der Waals surface area (Å²) in [5, 5.41) is 14.1. The number of aromatic nitrogens is 2. The lowest BCUT2D eigenvalue weighted by molar-refractivity contribution is -0.384. The van der Waals surface area contributed by atoms with Gasteiger partial charge in [-0.05, 0) is 31.5 Å². The number of nitrogens with zero attached hydrogens (tertiary/aromatic N) is 3. The molecule has 0 aliphatic heterocycles. The number of nitro groups is 1. The highest BCUT2D eigenvalue weighted by atomic mass is 16.6. The summed E-state index contributed by atoms with van der Waals surface area (Å²) < 4.78 is 0. The normalized spacial score (nSPS) is 10.2. The SMILES string of the molecule is CCNc1ccc([N+](=O)[O-])c(-c2cnccc2C)n1. The van der Waals surface area contributed by atoms with Crippen LogP contribution in [0.25, 0.3) is 11.3 Å². The van der Waals surface area contributed by atoms with Crippen molar-refractivity contribution in [1.82, 2.24) is 9.97 Å². The Balaban J connectivity index is 2.61. The number of anilines is 1. The molecule has 6 heteroatoms. The first-order chi connectivity index (χ1) is 9.13. The van der Waals surface area contributed by atoms with Crippen LogP contribution < -0.4 is 5.32 Å². The van der Waals surface area contributed by atoms with E-state index in [4.69, 9.17) is 0 Å². The molecule has 98 valence electrons. The van der Waals surface area contributed by atoms with Crippen LogP contribution in [0.3, 0.4) is 0 Å². The Kier molecular flexibility index (Phi) is 3.70. The number of nitrogens with one attached hydrogen (secondary N) is 1. The molecule has 0 fully saturated rings. The zero-order chi connectivity index (χ0) is 13.8. The van der Waals surface area contributed by atoms with E-state index in [1.807, 2.05) is 13.8 Å². The fraction of sp³-hybridized carbons (Fsp3) is 0.231. The van der Waals surface area contributed by atoms with Crippen molar-refractivity contribution in [3.63, 3.8) is 0 Å². The molecule has 0 atom stereocenters. The lowest BCUT2D eigenvalue weighted by Gasteiger charge is -2.08. The van der Waals surface area contributed by atoms with Crippen LogP contribution >= 0.6 is 0 Å². The molecule has 0 radical (unpaired) electrons. The van der Waals surface area contributed by atoms with Gasteiger partial charge in [0.05, 0.1) is 4.92 Å². The van der Waals surface area contributed by atoms with Crippen LogP contribution in [0.15, 0.2) is 30.6 Å². The third-order valence-electron chi connectivity index (χ3n) is 2.72. The lowest BCUT2D eigenvalue weighted by Crippen LogP contribution is -2.03. The summed E-state index contributed by atoms with van der Waals surface area (Å²) >= 11 is 0. The Labute approximate surface area is 110 Å². The number of aryl methyl sites for hydroxylation is 1. The third kappa shape index (κ3) is 2.67. The molecule has 0 saturated heterocycles. The van der Waals surface area contributed by atoms with Gasteiger partial charge in [-0.3, -0.25) is 15.1 Å². The second-order valence-corrected chi connectivity index (χ2v) is 4.04. The number of hydrogen-bond donors (Lipinski definition) is 1. The maximum Gasteiger partial charge on any atom is 0.295 e. The summed E-state index contributed by atoms with van der Waals surface area (Å²) in [4.78, 5) is 19.0. The summed E-state index contributed by atoms with van der Waals surface area (Å²) in [5.74, 6) is 0.617. The minimum absolute atomic E-state index is 0.0160. The van der Waals surface area contributed by atoms with Gasteiger partial charge in [-0.1, -0.05) is 0 Å². The van der Waals surface area contributed by atoms with E-state index >= 15 is 0 Å². The molecule has 0 unspecified atom stereocenters. The first-order valence-electron chi connectivity index (χ1n) is 5.93. The van der Waals surface area contributed by atoms with Crippen molar-refractivity contribution >= 4 is 11.5 Å². The molecule has 0 amide bonds. The predicted molar refractivity (Wildman–Crippen MR) is 73.0 cm³/mol. The van der Waals surface area contributed by atoms with Crippen LogP contribution in [-0.2, 0) is 0 Å². The topological polar surface area (TPSA) is 81.0 Å². The van der Waals surface area contributed by atoms with E-state index < -0.39 is 4.92 Å².